The van der Waals surface area contributed by atoms with Crippen LogP contribution in [0.25, 0.3) is 0 Å². The van der Waals surface area contributed by atoms with Gasteiger partial charge in [-0.05, 0) is 24.3 Å². The first-order valence-corrected chi connectivity index (χ1v) is 9.33. The molecule has 26 heavy (non-hydrogen) atoms. The average molecular weight is 397 g/mol. The lowest BCUT2D eigenvalue weighted by atomic mass is 10.1. The zero-order chi connectivity index (χ0) is 18.7. The van der Waals surface area contributed by atoms with E-state index in [0.29, 0.717) is 23.7 Å². The number of methoxy groups -OCH3 is 2. The molecule has 0 saturated carbocycles. The maximum atomic E-state index is 13.3. The van der Waals surface area contributed by atoms with Gasteiger partial charge < -0.3 is 19.7 Å². The lowest BCUT2D eigenvalue weighted by Crippen LogP contribution is -2.34. The van der Waals surface area contributed by atoms with E-state index < -0.39 is 5.82 Å². The number of carbonyl (C=O) groups excluding carboxylic acids is 1. The summed E-state index contributed by atoms with van der Waals surface area (Å²) < 4.78 is 24.1. The fourth-order valence-electron chi connectivity index (χ4n) is 2.81. The number of nitrogens with zero attached hydrogens (tertiary/aromatic N) is 1. The molecule has 5 nitrogen and oxygen atoms in total. The van der Waals surface area contributed by atoms with E-state index in [0.717, 1.165) is 11.3 Å². The average Bonchev–Trinajstić information content (AvgIpc) is 3.13. The second kappa shape index (κ2) is 8.05. The van der Waals surface area contributed by atoms with E-state index in [4.69, 9.17) is 21.1 Å². The van der Waals surface area contributed by atoms with Gasteiger partial charge in [0.25, 0.3) is 0 Å². The van der Waals surface area contributed by atoms with Crippen molar-refractivity contribution in [2.75, 3.05) is 31.8 Å². The zero-order valence-electron chi connectivity index (χ0n) is 14.3. The molecular formula is C18H18ClFN2O3S. The highest BCUT2D eigenvalue weighted by Crippen LogP contribution is 2.45. The molecule has 0 bridgehead atoms. The van der Waals surface area contributed by atoms with Crippen LogP contribution in [0.5, 0.6) is 11.5 Å². The van der Waals surface area contributed by atoms with Gasteiger partial charge in [0.05, 0.1) is 19.2 Å². The van der Waals surface area contributed by atoms with Crippen molar-refractivity contribution in [3.63, 3.8) is 0 Å². The Balaban J connectivity index is 1.84. The van der Waals surface area contributed by atoms with Crippen LogP contribution in [0.3, 0.4) is 0 Å². The molecule has 0 spiro atoms. The Morgan fingerprint density at radius 3 is 2.81 bits per heavy atom. The third kappa shape index (κ3) is 3.68. The fourth-order valence-corrected chi connectivity index (χ4v) is 4.26. The summed E-state index contributed by atoms with van der Waals surface area (Å²) in [6.07, 6.45) is 0. The number of hydrogen-bond donors (Lipinski definition) is 1. The molecule has 2 amide bonds. The molecule has 1 N–H and O–H groups in total. The molecular weight excluding hydrogens is 379 g/mol. The Morgan fingerprint density at radius 2 is 2.12 bits per heavy atom. The molecule has 1 heterocycles. The van der Waals surface area contributed by atoms with Crippen molar-refractivity contribution in [3.8, 4) is 11.5 Å². The SMILES string of the molecule is COc1cccc([C@@H]2SCCN2C(=O)Nc2ccc(F)c(Cl)c2)c1OC. The van der Waals surface area contributed by atoms with Gasteiger partial charge in [-0.15, -0.1) is 11.8 Å². The number of hydrogen-bond acceptors (Lipinski definition) is 4. The first-order chi connectivity index (χ1) is 12.5. The normalized spacial score (nSPS) is 16.5. The van der Waals surface area contributed by atoms with Crippen LogP contribution in [0.2, 0.25) is 5.02 Å². The van der Waals surface area contributed by atoms with Crippen molar-refractivity contribution in [2.24, 2.45) is 0 Å². The van der Waals surface area contributed by atoms with Crippen molar-refractivity contribution in [1.29, 1.82) is 0 Å². The van der Waals surface area contributed by atoms with Crippen LogP contribution in [0.15, 0.2) is 36.4 Å². The molecule has 0 aromatic heterocycles. The van der Waals surface area contributed by atoms with E-state index in [2.05, 4.69) is 5.32 Å². The quantitative estimate of drug-likeness (QED) is 0.808. The van der Waals surface area contributed by atoms with E-state index in [9.17, 15) is 9.18 Å². The third-order valence-corrected chi connectivity index (χ3v) is 5.55. The highest BCUT2D eigenvalue weighted by molar-refractivity contribution is 7.99. The van der Waals surface area contributed by atoms with Crippen molar-refractivity contribution >= 4 is 35.1 Å². The Kier molecular flexibility index (Phi) is 5.78. The first-order valence-electron chi connectivity index (χ1n) is 7.90. The van der Waals surface area contributed by atoms with E-state index in [1.165, 1.54) is 18.2 Å². The van der Waals surface area contributed by atoms with Crippen LogP contribution in [0, 0.1) is 5.82 Å². The highest BCUT2D eigenvalue weighted by atomic mass is 35.5. The van der Waals surface area contributed by atoms with Crippen LogP contribution in [0.1, 0.15) is 10.9 Å². The van der Waals surface area contributed by atoms with Gasteiger partial charge in [-0.25, -0.2) is 9.18 Å². The number of anilines is 1. The molecule has 0 unspecified atom stereocenters. The van der Waals surface area contributed by atoms with Gasteiger partial charge in [-0.1, -0.05) is 23.7 Å². The molecule has 0 radical (unpaired) electrons. The van der Waals surface area contributed by atoms with Crippen molar-refractivity contribution in [2.45, 2.75) is 5.37 Å². The summed E-state index contributed by atoms with van der Waals surface area (Å²) >= 11 is 7.42. The number of thioether (sulfide) groups is 1. The topological polar surface area (TPSA) is 50.8 Å². The van der Waals surface area contributed by atoms with Gasteiger partial charge >= 0.3 is 6.03 Å². The summed E-state index contributed by atoms with van der Waals surface area (Å²) in [7, 11) is 3.15. The van der Waals surface area contributed by atoms with Crippen LogP contribution in [-0.4, -0.2) is 37.4 Å². The van der Waals surface area contributed by atoms with Gasteiger partial charge in [0.2, 0.25) is 0 Å². The number of urea groups is 1. The van der Waals surface area contributed by atoms with Gasteiger partial charge in [0, 0.05) is 23.5 Å². The highest BCUT2D eigenvalue weighted by Gasteiger charge is 2.33. The number of para-hydroxylation sites is 1. The van der Waals surface area contributed by atoms with Gasteiger partial charge in [0.15, 0.2) is 11.5 Å². The maximum absolute atomic E-state index is 13.3. The van der Waals surface area contributed by atoms with E-state index >= 15 is 0 Å². The molecule has 138 valence electrons. The number of nitrogens with one attached hydrogen (secondary N) is 1. The number of amides is 2. The van der Waals surface area contributed by atoms with Crippen molar-refractivity contribution in [3.05, 3.63) is 52.8 Å². The minimum absolute atomic E-state index is 0.0374. The standard InChI is InChI=1S/C18H18ClFN2O3S/c1-24-15-5-3-4-12(16(15)25-2)17-22(8-9-26-17)18(23)21-11-6-7-14(20)13(19)10-11/h3-7,10,17H,8-9H2,1-2H3,(H,21,23)/t17-/m0/s1. The van der Waals surface area contributed by atoms with Crippen LogP contribution in [-0.2, 0) is 0 Å². The predicted molar refractivity (Wildman–Crippen MR) is 102 cm³/mol. The predicted octanol–water partition coefficient (Wildman–Crippen LogP) is 4.78. The lowest BCUT2D eigenvalue weighted by Gasteiger charge is -2.26. The van der Waals surface area contributed by atoms with Gasteiger partial charge in [-0.3, -0.25) is 0 Å². The lowest BCUT2D eigenvalue weighted by molar-refractivity contribution is 0.213. The molecule has 2 aromatic carbocycles. The molecule has 1 aliphatic rings. The zero-order valence-corrected chi connectivity index (χ0v) is 15.9. The molecule has 1 saturated heterocycles. The van der Waals surface area contributed by atoms with Crippen LogP contribution >= 0.6 is 23.4 Å². The Bertz CT molecular complexity index is 821. The first kappa shape index (κ1) is 18.7. The molecule has 3 rings (SSSR count). The van der Waals surface area contributed by atoms with Gasteiger partial charge in [0.1, 0.15) is 11.2 Å². The summed E-state index contributed by atoms with van der Waals surface area (Å²) in [5.74, 6) is 1.49. The van der Waals surface area contributed by atoms with Crippen molar-refractivity contribution < 1.29 is 18.7 Å². The fraction of sp³-hybridized carbons (Fsp3) is 0.278. The summed E-state index contributed by atoms with van der Waals surface area (Å²) in [6.45, 7) is 0.580. The summed E-state index contributed by atoms with van der Waals surface area (Å²) in [5, 5.41) is 2.52. The minimum atomic E-state index is -0.527. The molecule has 1 fully saturated rings. The Labute approximate surface area is 160 Å². The maximum Gasteiger partial charge on any atom is 0.323 e. The van der Waals surface area contributed by atoms with E-state index in [1.54, 1.807) is 30.9 Å². The third-order valence-electron chi connectivity index (χ3n) is 4.02. The Morgan fingerprint density at radius 1 is 1.31 bits per heavy atom. The smallest absolute Gasteiger partial charge is 0.323 e. The second-order valence-corrected chi connectivity index (χ2v) is 7.15. The number of rotatable bonds is 4. The monoisotopic (exact) mass is 396 g/mol. The van der Waals surface area contributed by atoms with E-state index in [-0.39, 0.29) is 16.4 Å². The van der Waals surface area contributed by atoms with Gasteiger partial charge in [-0.2, -0.15) is 0 Å². The van der Waals surface area contributed by atoms with E-state index in [1.807, 2.05) is 18.2 Å². The van der Waals surface area contributed by atoms with Crippen molar-refractivity contribution in [1.82, 2.24) is 4.90 Å². The number of halogens is 2. The molecule has 8 heteroatoms. The minimum Gasteiger partial charge on any atom is -0.493 e. The Hall–Kier alpha value is -2.12. The summed E-state index contributed by atoms with van der Waals surface area (Å²) in [4.78, 5) is 14.4. The summed E-state index contributed by atoms with van der Waals surface area (Å²) in [6, 6.07) is 9.40. The molecule has 1 aliphatic heterocycles. The summed E-state index contributed by atoms with van der Waals surface area (Å²) in [5.41, 5.74) is 1.30. The molecule has 0 aliphatic carbocycles. The molecule has 2 aromatic rings. The largest absolute Gasteiger partial charge is 0.493 e. The second-order valence-electron chi connectivity index (χ2n) is 5.56. The van der Waals surface area contributed by atoms with Crippen LogP contribution in [0.4, 0.5) is 14.9 Å². The number of ether oxygens (including phenoxy) is 2. The number of carbonyl (C=O) groups is 1. The molecule has 1 atom stereocenters. The number of benzene rings is 2. The van der Waals surface area contributed by atoms with Crippen LogP contribution < -0.4 is 14.8 Å².